The van der Waals surface area contributed by atoms with Crippen molar-refractivity contribution in [1.29, 1.82) is 0 Å². The number of nitrogens with zero attached hydrogens (tertiary/aromatic N) is 9. The molecule has 12 rings (SSSR count). The third-order valence-corrected chi connectivity index (χ3v) is 18.4. The average molecular weight is 1030 g/mol. The molecule has 5 saturated heterocycles. The van der Waals surface area contributed by atoms with Crippen molar-refractivity contribution in [3.05, 3.63) is 60.0 Å². The Morgan fingerprint density at radius 3 is 2.17 bits per heavy atom. The number of carbonyl (C=O) groups excluding carboxylic acids is 5. The van der Waals surface area contributed by atoms with Crippen molar-refractivity contribution in [3.63, 3.8) is 0 Å². The number of hydrogen-bond acceptors (Lipinski definition) is 11. The van der Waals surface area contributed by atoms with Crippen LogP contribution in [-0.4, -0.2) is 140 Å². The summed E-state index contributed by atoms with van der Waals surface area (Å²) in [4.78, 5) is 91.8. The lowest BCUT2D eigenvalue weighted by molar-refractivity contribution is -0.239. The minimum atomic E-state index is -4.84. The summed E-state index contributed by atoms with van der Waals surface area (Å²) < 4.78 is 48.6. The lowest BCUT2D eigenvalue weighted by atomic mass is 9.71. The van der Waals surface area contributed by atoms with Crippen molar-refractivity contribution in [2.75, 3.05) is 67.5 Å². The van der Waals surface area contributed by atoms with E-state index in [0.29, 0.717) is 50.3 Å². The van der Waals surface area contributed by atoms with E-state index in [1.165, 1.54) is 29.1 Å². The van der Waals surface area contributed by atoms with Gasteiger partial charge in [-0.15, -0.1) is 0 Å². The van der Waals surface area contributed by atoms with Crippen molar-refractivity contribution in [2.45, 2.75) is 152 Å². The zero-order valence-corrected chi connectivity index (χ0v) is 43.0. The summed E-state index contributed by atoms with van der Waals surface area (Å²) in [5, 5.41) is 6.03. The monoisotopic (exact) mass is 1030 g/mol. The number of nitrogens with one attached hydrogen (secondary N) is 2. The SMILES string of the molecule is CC(C)n1cnc2cc(-c3ccc4c(c3)N(C3CC(N5CCCCC5)C3)C(=O)C43CCN(C(=O)C4(C(F)(F)F)CCN(C(=O)C5CCN(c6ccc([C@H]7CCC(=O)NC7=O)cn6)CC5)CC4)CC3)nc(NC3CC3)c21. The van der Waals surface area contributed by atoms with E-state index in [1.54, 1.807) is 6.20 Å². The highest BCUT2D eigenvalue weighted by Gasteiger charge is 2.64. The Morgan fingerprint density at radius 1 is 0.800 bits per heavy atom. The third-order valence-electron chi connectivity index (χ3n) is 18.4. The lowest BCUT2D eigenvalue weighted by Crippen LogP contribution is -2.61. The number of halogens is 3. The molecule has 9 heterocycles. The number of anilines is 3. The average Bonchev–Trinajstić information content (AvgIpc) is 4.09. The highest BCUT2D eigenvalue weighted by Crippen LogP contribution is 2.54. The van der Waals surface area contributed by atoms with Crippen LogP contribution in [0.15, 0.2) is 48.9 Å². The molecule has 0 radical (unpaired) electrons. The van der Waals surface area contributed by atoms with Gasteiger partial charge in [0.15, 0.2) is 5.82 Å². The van der Waals surface area contributed by atoms with Crippen LogP contribution in [0.25, 0.3) is 22.3 Å². The van der Waals surface area contributed by atoms with Crippen LogP contribution >= 0.6 is 0 Å². The minimum Gasteiger partial charge on any atom is -0.366 e. The summed E-state index contributed by atoms with van der Waals surface area (Å²) in [5.41, 5.74) is 2.21. The number of imidazole rings is 1. The van der Waals surface area contributed by atoms with Gasteiger partial charge in [-0.2, -0.15) is 13.2 Å². The van der Waals surface area contributed by atoms with Crippen LogP contribution in [0.2, 0.25) is 0 Å². The van der Waals surface area contributed by atoms with Gasteiger partial charge in [-0.1, -0.05) is 24.6 Å². The normalized spacial score (nSPS) is 25.5. The Balaban J connectivity index is 0.732. The summed E-state index contributed by atoms with van der Waals surface area (Å²) in [7, 11) is 0. The van der Waals surface area contributed by atoms with Crippen LogP contribution in [0.4, 0.5) is 30.5 Å². The molecule has 8 aliphatic rings. The number of amides is 5. The second-order valence-corrected chi connectivity index (χ2v) is 23.2. The highest BCUT2D eigenvalue weighted by molar-refractivity contribution is 6.09. The highest BCUT2D eigenvalue weighted by atomic mass is 19.4. The van der Waals surface area contributed by atoms with Crippen molar-refractivity contribution >= 4 is 57.9 Å². The minimum absolute atomic E-state index is 0.0150. The number of pyridine rings is 2. The van der Waals surface area contributed by atoms with Gasteiger partial charge in [0, 0.05) is 93.2 Å². The molecule has 7 fully saturated rings. The van der Waals surface area contributed by atoms with Crippen molar-refractivity contribution in [3.8, 4) is 11.3 Å². The van der Waals surface area contributed by atoms with Gasteiger partial charge in [0.1, 0.15) is 16.7 Å². The first-order chi connectivity index (χ1) is 36.1. The van der Waals surface area contributed by atoms with Crippen LogP contribution in [0, 0.1) is 11.3 Å². The first-order valence-corrected chi connectivity index (χ1v) is 27.7. The zero-order chi connectivity index (χ0) is 52.0. The number of imide groups is 1. The van der Waals surface area contributed by atoms with Crippen LogP contribution in [-0.2, 0) is 29.4 Å². The van der Waals surface area contributed by atoms with Crippen LogP contribution in [0.5, 0.6) is 0 Å². The first kappa shape index (κ1) is 49.7. The standard InChI is InChI=1S/C56H68F3N11O5/c1-34(2)69-33-61-44-31-43(63-49(48(44)69)62-38-8-9-38)36-6-11-42-45(28-36)70(40-29-39(30-40)65-20-4-3-5-21-65)52(74)54(42)16-24-68(25-17-54)53(75)55(56(57,58)59)18-26-67(27-19-55)51(73)35-14-22-66(23-15-35)46-12-7-37(32-60-46)41-10-13-47(71)64-50(41)72/h6-7,11-12,28,31-35,38-41H,3-5,8-10,13-27,29-30H2,1-2H3,(H,62,63)(H,64,71,72)/t39?,40?,41-/m1/s1. The molecular weight excluding hydrogens is 964 g/mol. The maximum absolute atomic E-state index is 15.5. The number of carbonyl (C=O) groups is 5. The number of alkyl halides is 3. The van der Waals surface area contributed by atoms with Gasteiger partial charge >= 0.3 is 6.18 Å². The Hall–Kier alpha value is -6.11. The number of likely N-dealkylation sites (tertiary alicyclic amines) is 3. The molecule has 5 amide bonds. The van der Waals surface area contributed by atoms with Crippen LogP contribution in [0.3, 0.4) is 0 Å². The molecule has 2 aliphatic carbocycles. The molecule has 1 aromatic carbocycles. The van der Waals surface area contributed by atoms with Crippen molar-refractivity contribution in [2.24, 2.45) is 11.3 Å². The Bertz CT molecular complexity index is 2880. The second kappa shape index (κ2) is 19.2. The molecule has 4 aromatic rings. The van der Waals surface area contributed by atoms with E-state index in [4.69, 9.17) is 9.97 Å². The Morgan fingerprint density at radius 2 is 1.52 bits per heavy atom. The van der Waals surface area contributed by atoms with Gasteiger partial charge in [-0.05, 0) is 140 Å². The fraction of sp³-hybridized carbons (Fsp3) is 0.607. The van der Waals surface area contributed by atoms with E-state index < -0.39 is 41.7 Å². The Kier molecular flexibility index (Phi) is 12.7. The number of rotatable bonds is 10. The molecule has 75 heavy (non-hydrogen) atoms. The number of fused-ring (bicyclic) bond motifs is 3. The summed E-state index contributed by atoms with van der Waals surface area (Å²) in [6.07, 6.45) is 7.25. The maximum atomic E-state index is 15.5. The number of piperidine rings is 5. The van der Waals surface area contributed by atoms with E-state index in [9.17, 15) is 19.2 Å². The summed E-state index contributed by atoms with van der Waals surface area (Å²) in [6.45, 7) is 7.12. The largest absolute Gasteiger partial charge is 0.403 e. The van der Waals surface area contributed by atoms with Gasteiger partial charge < -0.3 is 34.4 Å². The van der Waals surface area contributed by atoms with E-state index in [1.807, 2.05) is 41.6 Å². The number of aromatic nitrogens is 4. The molecule has 2 saturated carbocycles. The van der Waals surface area contributed by atoms with Gasteiger partial charge in [0.05, 0.1) is 28.9 Å². The maximum Gasteiger partial charge on any atom is 0.403 e. The summed E-state index contributed by atoms with van der Waals surface area (Å²) in [6, 6.07) is 12.8. The topological polar surface area (TPSA) is 169 Å². The van der Waals surface area contributed by atoms with Crippen LogP contribution < -0.4 is 20.4 Å². The molecule has 0 bridgehead atoms. The van der Waals surface area contributed by atoms with E-state index in [2.05, 4.69) is 49.9 Å². The second-order valence-electron chi connectivity index (χ2n) is 23.2. The van der Waals surface area contributed by atoms with E-state index in [-0.39, 0.29) is 87.1 Å². The third kappa shape index (κ3) is 8.81. The van der Waals surface area contributed by atoms with Crippen molar-refractivity contribution in [1.82, 2.24) is 39.5 Å². The zero-order valence-electron chi connectivity index (χ0n) is 43.0. The molecule has 1 atom stereocenters. The molecular formula is C56H68F3N11O5. The smallest absolute Gasteiger partial charge is 0.366 e. The van der Waals surface area contributed by atoms with E-state index >= 15 is 18.0 Å². The fourth-order valence-electron chi connectivity index (χ4n) is 13.6. The molecule has 19 heteroatoms. The first-order valence-electron chi connectivity index (χ1n) is 27.7. The Labute approximate surface area is 435 Å². The fourth-order valence-corrected chi connectivity index (χ4v) is 13.6. The molecule has 2 N–H and O–H groups in total. The van der Waals surface area contributed by atoms with Gasteiger partial charge in [-0.25, -0.2) is 15.0 Å². The van der Waals surface area contributed by atoms with Gasteiger partial charge in [-0.3, -0.25) is 29.3 Å². The van der Waals surface area contributed by atoms with Gasteiger partial charge in [0.2, 0.25) is 29.5 Å². The van der Waals surface area contributed by atoms with Gasteiger partial charge in [0.25, 0.3) is 0 Å². The number of hydrogen-bond donors (Lipinski definition) is 2. The summed E-state index contributed by atoms with van der Waals surface area (Å²) in [5.74, 6) is -1.10. The quantitative estimate of drug-likeness (QED) is 0.151. The van der Waals surface area contributed by atoms with Crippen LogP contribution in [0.1, 0.15) is 133 Å². The predicted molar refractivity (Wildman–Crippen MR) is 276 cm³/mol. The molecule has 0 unspecified atom stereocenters. The summed E-state index contributed by atoms with van der Waals surface area (Å²) >= 11 is 0. The molecule has 3 aromatic heterocycles. The molecule has 1 spiro atoms. The van der Waals surface area contributed by atoms with E-state index in [0.717, 1.165) is 83.7 Å². The molecule has 16 nitrogen and oxygen atoms in total. The molecule has 6 aliphatic heterocycles. The molecule has 398 valence electrons. The number of benzene rings is 1. The lowest BCUT2D eigenvalue weighted by Gasteiger charge is -2.49. The predicted octanol–water partition coefficient (Wildman–Crippen LogP) is 7.48. The van der Waals surface area contributed by atoms with Crippen molar-refractivity contribution < 1.29 is 37.1 Å².